The second-order valence-electron chi connectivity index (χ2n) is 7.80. The van der Waals surface area contributed by atoms with Crippen LogP contribution in [0.2, 0.25) is 0 Å². The summed E-state index contributed by atoms with van der Waals surface area (Å²) in [5.41, 5.74) is 2.85. The van der Waals surface area contributed by atoms with E-state index in [1.54, 1.807) is 19.2 Å². The topological polar surface area (TPSA) is 87.8 Å². The van der Waals surface area contributed by atoms with Gasteiger partial charge >= 0.3 is 0 Å². The highest BCUT2D eigenvalue weighted by Crippen LogP contribution is 2.40. The van der Waals surface area contributed by atoms with Crippen molar-refractivity contribution in [2.24, 2.45) is 0 Å². The molecule has 0 unspecified atom stereocenters. The third-order valence-corrected chi connectivity index (χ3v) is 5.48. The summed E-state index contributed by atoms with van der Waals surface area (Å²) >= 11 is 0. The molecular weight excluding hydrogens is 395 g/mol. The first-order chi connectivity index (χ1) is 15.1. The number of H-pyrrole nitrogens is 1. The second-order valence-corrected chi connectivity index (χ2v) is 7.80. The Labute approximate surface area is 179 Å². The van der Waals surface area contributed by atoms with Crippen molar-refractivity contribution < 1.29 is 9.13 Å². The van der Waals surface area contributed by atoms with Gasteiger partial charge in [-0.25, -0.2) is 9.37 Å². The largest absolute Gasteiger partial charge is 0.497 e. The predicted octanol–water partition coefficient (Wildman–Crippen LogP) is 5.29. The maximum absolute atomic E-state index is 13.3. The Morgan fingerprint density at radius 1 is 1.10 bits per heavy atom. The number of ether oxygens (including phenoxy) is 1. The van der Waals surface area contributed by atoms with Crippen LogP contribution in [0.25, 0.3) is 10.9 Å². The molecule has 2 heterocycles. The van der Waals surface area contributed by atoms with Gasteiger partial charge in [0, 0.05) is 23.1 Å². The number of aromatic amines is 1. The number of nitrogens with zero attached hydrogens (tertiary/aromatic N) is 3. The van der Waals surface area contributed by atoms with Crippen LogP contribution in [0.1, 0.15) is 43.0 Å². The fraction of sp³-hybridized carbons (Fsp3) is 0.261. The molecule has 1 atom stereocenters. The van der Waals surface area contributed by atoms with E-state index in [1.807, 2.05) is 31.2 Å². The Balaban J connectivity index is 1.48. The Morgan fingerprint density at radius 3 is 2.65 bits per heavy atom. The van der Waals surface area contributed by atoms with Crippen molar-refractivity contribution in [2.45, 2.75) is 31.7 Å². The molecule has 0 amide bonds. The van der Waals surface area contributed by atoms with E-state index in [1.165, 1.54) is 25.0 Å². The average Bonchev–Trinajstić information content (AvgIpc) is 3.53. The van der Waals surface area contributed by atoms with E-state index in [2.05, 4.69) is 25.8 Å². The van der Waals surface area contributed by atoms with Gasteiger partial charge in [0.1, 0.15) is 17.4 Å². The lowest BCUT2D eigenvalue weighted by Crippen LogP contribution is -2.11. The van der Waals surface area contributed by atoms with E-state index in [-0.39, 0.29) is 11.9 Å². The van der Waals surface area contributed by atoms with Crippen LogP contribution in [-0.4, -0.2) is 27.3 Å². The van der Waals surface area contributed by atoms with Crippen molar-refractivity contribution in [2.75, 3.05) is 17.7 Å². The number of benzene rings is 2. The van der Waals surface area contributed by atoms with Gasteiger partial charge in [0.05, 0.1) is 18.7 Å². The molecule has 0 radical (unpaired) electrons. The molecule has 8 heteroatoms. The van der Waals surface area contributed by atoms with Gasteiger partial charge in [-0.15, -0.1) is 0 Å². The molecule has 5 rings (SSSR count). The van der Waals surface area contributed by atoms with Gasteiger partial charge in [0.15, 0.2) is 5.82 Å². The van der Waals surface area contributed by atoms with Gasteiger partial charge in [-0.1, -0.05) is 12.1 Å². The summed E-state index contributed by atoms with van der Waals surface area (Å²) in [5, 5.41) is 15.0. The lowest BCUT2D eigenvalue weighted by atomic mass is 10.1. The third-order valence-electron chi connectivity index (χ3n) is 5.48. The van der Waals surface area contributed by atoms with E-state index >= 15 is 0 Å². The van der Waals surface area contributed by atoms with Crippen molar-refractivity contribution >= 4 is 28.5 Å². The number of anilines is 3. The van der Waals surface area contributed by atoms with E-state index < -0.39 is 0 Å². The molecular formula is C23H23FN6O. The molecule has 0 bridgehead atoms. The number of hydrogen-bond donors (Lipinski definition) is 3. The molecule has 2 aromatic heterocycles. The van der Waals surface area contributed by atoms with Crippen molar-refractivity contribution in [3.05, 3.63) is 65.6 Å². The number of nitrogens with one attached hydrogen (secondary N) is 3. The maximum atomic E-state index is 13.3. The summed E-state index contributed by atoms with van der Waals surface area (Å²) in [4.78, 5) is 9.37. The van der Waals surface area contributed by atoms with Gasteiger partial charge in [-0.2, -0.15) is 10.1 Å². The summed E-state index contributed by atoms with van der Waals surface area (Å²) in [6.45, 7) is 1.98. The molecule has 158 valence electrons. The third kappa shape index (κ3) is 4.14. The van der Waals surface area contributed by atoms with Gasteiger partial charge in [-0.05, 0) is 55.7 Å². The molecule has 0 spiro atoms. The molecule has 7 nitrogen and oxygen atoms in total. The van der Waals surface area contributed by atoms with Gasteiger partial charge in [0.2, 0.25) is 5.95 Å². The van der Waals surface area contributed by atoms with Gasteiger partial charge < -0.3 is 15.4 Å². The van der Waals surface area contributed by atoms with E-state index in [0.717, 1.165) is 27.9 Å². The molecule has 2 aromatic carbocycles. The summed E-state index contributed by atoms with van der Waals surface area (Å²) in [5.74, 6) is 2.85. The smallest absolute Gasteiger partial charge is 0.225 e. The highest BCUT2D eigenvalue weighted by Gasteiger charge is 2.25. The second kappa shape index (κ2) is 7.86. The molecule has 3 N–H and O–H groups in total. The first kappa shape index (κ1) is 19.3. The summed E-state index contributed by atoms with van der Waals surface area (Å²) in [6.07, 6.45) is 2.40. The van der Waals surface area contributed by atoms with Crippen LogP contribution in [0.3, 0.4) is 0 Å². The van der Waals surface area contributed by atoms with Crippen molar-refractivity contribution in [1.29, 1.82) is 0 Å². The number of fused-ring (bicyclic) bond motifs is 1. The minimum absolute atomic E-state index is 0.101. The average molecular weight is 418 g/mol. The highest BCUT2D eigenvalue weighted by atomic mass is 19.1. The summed E-state index contributed by atoms with van der Waals surface area (Å²) in [6, 6.07) is 14.0. The van der Waals surface area contributed by atoms with Crippen LogP contribution in [0, 0.1) is 5.82 Å². The molecule has 1 aliphatic rings. The van der Waals surface area contributed by atoms with Crippen LogP contribution >= 0.6 is 0 Å². The number of halogens is 1. The molecule has 31 heavy (non-hydrogen) atoms. The molecule has 1 saturated carbocycles. The first-order valence-corrected chi connectivity index (χ1v) is 10.3. The Kier molecular flexibility index (Phi) is 4.89. The zero-order valence-corrected chi connectivity index (χ0v) is 17.3. The summed E-state index contributed by atoms with van der Waals surface area (Å²) in [7, 11) is 1.63. The van der Waals surface area contributed by atoms with Crippen LogP contribution in [-0.2, 0) is 0 Å². The Bertz CT molecular complexity index is 1220. The number of rotatable bonds is 7. The van der Waals surface area contributed by atoms with E-state index in [0.29, 0.717) is 23.5 Å². The monoisotopic (exact) mass is 418 g/mol. The highest BCUT2D eigenvalue weighted by molar-refractivity contribution is 5.92. The fourth-order valence-electron chi connectivity index (χ4n) is 3.55. The van der Waals surface area contributed by atoms with E-state index in [9.17, 15) is 4.39 Å². The molecule has 4 aromatic rings. The zero-order chi connectivity index (χ0) is 21.4. The van der Waals surface area contributed by atoms with Gasteiger partial charge in [0.25, 0.3) is 0 Å². The molecule has 1 aliphatic carbocycles. The quantitative estimate of drug-likeness (QED) is 0.378. The minimum Gasteiger partial charge on any atom is -0.497 e. The molecule has 1 fully saturated rings. The predicted molar refractivity (Wildman–Crippen MR) is 118 cm³/mol. The minimum atomic E-state index is -0.261. The number of hydrogen-bond acceptors (Lipinski definition) is 6. The summed E-state index contributed by atoms with van der Waals surface area (Å²) < 4.78 is 18.6. The van der Waals surface area contributed by atoms with Crippen LogP contribution in [0.5, 0.6) is 5.75 Å². The van der Waals surface area contributed by atoms with Crippen LogP contribution in [0.4, 0.5) is 22.0 Å². The molecule has 0 aliphatic heterocycles. The maximum Gasteiger partial charge on any atom is 0.225 e. The standard InChI is InChI=1S/C23H23FN6O/c1-13(14-5-7-16(24)8-6-14)25-23-26-19-10-9-17(31-2)11-18(19)22(28-23)27-21-12-20(29-30-21)15-3-4-15/h5-13,15H,3-4H2,1-2H3,(H3,25,26,27,28,29,30)/t13-/m0/s1. The SMILES string of the molecule is COc1ccc2nc(N[C@@H](C)c3ccc(F)cc3)nc(Nc3cc(C4CC4)[nH]n3)c2c1. The lowest BCUT2D eigenvalue weighted by molar-refractivity contribution is 0.415. The Morgan fingerprint density at radius 2 is 1.90 bits per heavy atom. The normalized spacial score (nSPS) is 14.4. The van der Waals surface area contributed by atoms with Crippen molar-refractivity contribution in [3.8, 4) is 5.75 Å². The van der Waals surface area contributed by atoms with Crippen molar-refractivity contribution in [3.63, 3.8) is 0 Å². The lowest BCUT2D eigenvalue weighted by Gasteiger charge is -2.16. The number of aromatic nitrogens is 4. The fourth-order valence-corrected chi connectivity index (χ4v) is 3.55. The van der Waals surface area contributed by atoms with Gasteiger partial charge in [-0.3, -0.25) is 5.10 Å². The van der Waals surface area contributed by atoms with Crippen LogP contribution in [0.15, 0.2) is 48.5 Å². The Hall–Kier alpha value is -3.68. The number of methoxy groups -OCH3 is 1. The molecule has 0 saturated heterocycles. The zero-order valence-electron chi connectivity index (χ0n) is 17.3. The van der Waals surface area contributed by atoms with Crippen molar-refractivity contribution in [1.82, 2.24) is 20.2 Å². The van der Waals surface area contributed by atoms with E-state index in [4.69, 9.17) is 9.72 Å². The van der Waals surface area contributed by atoms with Crippen LogP contribution < -0.4 is 15.4 Å². The first-order valence-electron chi connectivity index (χ1n) is 10.3.